The zero-order valence-electron chi connectivity index (χ0n) is 16.4. The zero-order valence-corrected chi connectivity index (χ0v) is 16.4. The molecular weight excluding hydrogens is 344 g/mol. The highest BCUT2D eigenvalue weighted by Crippen LogP contribution is 2.26. The highest BCUT2D eigenvalue weighted by atomic mass is 16.5. The Morgan fingerprint density at radius 1 is 1.19 bits per heavy atom. The molecule has 0 aliphatic heterocycles. The molecular formula is C21H26N2O4. The Kier molecular flexibility index (Phi) is 6.55. The quantitative estimate of drug-likeness (QED) is 0.592. The van der Waals surface area contributed by atoms with E-state index in [-0.39, 0.29) is 11.5 Å². The number of benzene rings is 1. The molecule has 0 saturated carbocycles. The molecule has 0 spiro atoms. The molecule has 144 valence electrons. The molecule has 0 fully saturated rings. The first-order valence-corrected chi connectivity index (χ1v) is 9.02. The topological polar surface area (TPSA) is 77.4 Å². The van der Waals surface area contributed by atoms with Gasteiger partial charge in [-0.3, -0.25) is 9.59 Å². The van der Waals surface area contributed by atoms with E-state index in [1.807, 2.05) is 24.3 Å². The van der Waals surface area contributed by atoms with Crippen LogP contribution in [0.4, 0.5) is 5.69 Å². The van der Waals surface area contributed by atoms with Gasteiger partial charge in [-0.25, -0.2) is 4.79 Å². The second kappa shape index (κ2) is 8.66. The highest BCUT2D eigenvalue weighted by molar-refractivity contribution is 5.99. The number of hydrogen-bond donors (Lipinski definition) is 1. The van der Waals surface area contributed by atoms with E-state index in [1.54, 1.807) is 13.2 Å². The average molecular weight is 370 g/mol. The molecule has 1 aromatic heterocycles. The molecule has 0 radical (unpaired) electrons. The predicted octanol–water partition coefficient (Wildman–Crippen LogP) is 3.93. The summed E-state index contributed by atoms with van der Waals surface area (Å²) in [6, 6.07) is 9.07. The van der Waals surface area contributed by atoms with Crippen molar-refractivity contribution in [1.82, 2.24) is 4.57 Å². The van der Waals surface area contributed by atoms with Crippen molar-refractivity contribution in [2.75, 3.05) is 5.32 Å². The van der Waals surface area contributed by atoms with Gasteiger partial charge in [-0.1, -0.05) is 32.0 Å². The molecule has 0 saturated heterocycles. The third-order valence-electron chi connectivity index (χ3n) is 4.64. The SMILES string of the molecule is CC[C@H](C)c1ccccc1NC(=O)[C@@H](C)OC(=O)c1cc(C(C)=O)cn1C. The van der Waals surface area contributed by atoms with Gasteiger partial charge in [-0.2, -0.15) is 0 Å². The van der Waals surface area contributed by atoms with Crippen LogP contribution in [-0.2, 0) is 16.6 Å². The fraction of sp³-hybridized carbons (Fsp3) is 0.381. The molecule has 0 aliphatic carbocycles. The van der Waals surface area contributed by atoms with Gasteiger partial charge in [0.1, 0.15) is 5.69 Å². The summed E-state index contributed by atoms with van der Waals surface area (Å²) in [5, 5.41) is 2.84. The van der Waals surface area contributed by atoms with E-state index >= 15 is 0 Å². The fourth-order valence-corrected chi connectivity index (χ4v) is 2.73. The van der Waals surface area contributed by atoms with Crippen molar-refractivity contribution >= 4 is 23.3 Å². The number of esters is 1. The molecule has 0 unspecified atom stereocenters. The lowest BCUT2D eigenvalue weighted by Gasteiger charge is -2.18. The van der Waals surface area contributed by atoms with Crippen molar-refractivity contribution in [2.24, 2.45) is 7.05 Å². The normalized spacial score (nSPS) is 12.9. The van der Waals surface area contributed by atoms with E-state index in [2.05, 4.69) is 19.2 Å². The van der Waals surface area contributed by atoms with Crippen LogP contribution in [0.1, 0.15) is 66.4 Å². The fourth-order valence-electron chi connectivity index (χ4n) is 2.73. The Hall–Kier alpha value is -2.89. The molecule has 2 rings (SSSR count). The minimum atomic E-state index is -0.974. The summed E-state index contributed by atoms with van der Waals surface area (Å²) in [5.41, 5.74) is 2.40. The van der Waals surface area contributed by atoms with Gasteiger partial charge in [0, 0.05) is 24.5 Å². The number of anilines is 1. The number of aromatic nitrogens is 1. The summed E-state index contributed by atoms with van der Waals surface area (Å²) < 4.78 is 6.80. The number of rotatable bonds is 7. The second-order valence-electron chi connectivity index (χ2n) is 6.71. The molecule has 27 heavy (non-hydrogen) atoms. The van der Waals surface area contributed by atoms with Crippen LogP contribution in [-0.4, -0.2) is 28.3 Å². The number of para-hydroxylation sites is 1. The lowest BCUT2D eigenvalue weighted by Crippen LogP contribution is -2.30. The van der Waals surface area contributed by atoms with Gasteiger partial charge >= 0.3 is 5.97 Å². The third kappa shape index (κ3) is 4.84. The van der Waals surface area contributed by atoms with Crippen molar-refractivity contribution in [2.45, 2.75) is 46.1 Å². The lowest BCUT2D eigenvalue weighted by atomic mass is 9.97. The van der Waals surface area contributed by atoms with E-state index in [0.29, 0.717) is 11.5 Å². The molecule has 0 bridgehead atoms. The zero-order chi connectivity index (χ0) is 20.1. The number of ether oxygens (including phenoxy) is 1. The van der Waals surface area contributed by atoms with Gasteiger partial charge < -0.3 is 14.6 Å². The highest BCUT2D eigenvalue weighted by Gasteiger charge is 2.23. The van der Waals surface area contributed by atoms with Crippen LogP contribution in [0.3, 0.4) is 0 Å². The number of nitrogens with one attached hydrogen (secondary N) is 1. The number of hydrogen-bond acceptors (Lipinski definition) is 4. The van der Waals surface area contributed by atoms with E-state index < -0.39 is 18.0 Å². The van der Waals surface area contributed by atoms with Crippen LogP contribution in [0.5, 0.6) is 0 Å². The molecule has 6 heteroatoms. The van der Waals surface area contributed by atoms with Gasteiger partial charge in [0.05, 0.1) is 0 Å². The van der Waals surface area contributed by atoms with Gasteiger partial charge in [0.25, 0.3) is 5.91 Å². The molecule has 6 nitrogen and oxygen atoms in total. The van der Waals surface area contributed by atoms with E-state index in [1.165, 1.54) is 24.5 Å². The van der Waals surface area contributed by atoms with Gasteiger partial charge in [0.2, 0.25) is 0 Å². The number of aryl methyl sites for hydroxylation is 1. The average Bonchev–Trinajstić information content (AvgIpc) is 3.03. The van der Waals surface area contributed by atoms with Crippen LogP contribution >= 0.6 is 0 Å². The maximum absolute atomic E-state index is 12.5. The Bertz CT molecular complexity index is 854. The summed E-state index contributed by atoms with van der Waals surface area (Å²) in [4.78, 5) is 36.3. The van der Waals surface area contributed by atoms with Crippen molar-refractivity contribution in [1.29, 1.82) is 0 Å². The Labute approximate surface area is 159 Å². The summed E-state index contributed by atoms with van der Waals surface area (Å²) in [6.45, 7) is 7.13. The molecule has 1 N–H and O–H groups in total. The summed E-state index contributed by atoms with van der Waals surface area (Å²) >= 11 is 0. The first-order chi connectivity index (χ1) is 12.7. The number of Topliss-reactive ketones (excluding diaryl/α,β-unsaturated/α-hetero) is 1. The van der Waals surface area contributed by atoms with Crippen LogP contribution < -0.4 is 5.32 Å². The molecule has 0 aliphatic rings. The summed E-state index contributed by atoms with van der Waals surface area (Å²) in [7, 11) is 1.65. The maximum Gasteiger partial charge on any atom is 0.355 e. The van der Waals surface area contributed by atoms with Crippen LogP contribution in [0.25, 0.3) is 0 Å². The monoisotopic (exact) mass is 370 g/mol. The predicted molar refractivity (Wildman–Crippen MR) is 104 cm³/mol. The lowest BCUT2D eigenvalue weighted by molar-refractivity contribution is -0.123. The van der Waals surface area contributed by atoms with Crippen molar-refractivity contribution in [3.63, 3.8) is 0 Å². The summed E-state index contributed by atoms with van der Waals surface area (Å²) in [6.07, 6.45) is 1.54. The van der Waals surface area contributed by atoms with Crippen molar-refractivity contribution in [3.05, 3.63) is 53.3 Å². The number of nitrogens with zero attached hydrogens (tertiary/aromatic N) is 1. The second-order valence-corrected chi connectivity index (χ2v) is 6.71. The van der Waals surface area contributed by atoms with Gasteiger partial charge in [0.15, 0.2) is 11.9 Å². The number of amides is 1. The molecule has 2 atom stereocenters. The number of carbonyl (C=O) groups excluding carboxylic acids is 3. The molecule has 1 heterocycles. The minimum Gasteiger partial charge on any atom is -0.448 e. The van der Waals surface area contributed by atoms with Crippen molar-refractivity contribution < 1.29 is 19.1 Å². The van der Waals surface area contributed by atoms with Gasteiger partial charge in [-0.15, -0.1) is 0 Å². The third-order valence-corrected chi connectivity index (χ3v) is 4.64. The van der Waals surface area contributed by atoms with Crippen LogP contribution in [0, 0.1) is 0 Å². The molecule has 1 aromatic carbocycles. The first-order valence-electron chi connectivity index (χ1n) is 9.02. The number of ketones is 1. The van der Waals surface area contributed by atoms with E-state index in [4.69, 9.17) is 4.74 Å². The first kappa shape index (κ1) is 20.4. The van der Waals surface area contributed by atoms with Crippen LogP contribution in [0.2, 0.25) is 0 Å². The molecule has 2 aromatic rings. The maximum atomic E-state index is 12.5. The van der Waals surface area contributed by atoms with E-state index in [0.717, 1.165) is 17.7 Å². The smallest absolute Gasteiger partial charge is 0.355 e. The Morgan fingerprint density at radius 3 is 2.44 bits per heavy atom. The van der Waals surface area contributed by atoms with Crippen molar-refractivity contribution in [3.8, 4) is 0 Å². The Balaban J connectivity index is 2.08. The number of carbonyl (C=O) groups is 3. The van der Waals surface area contributed by atoms with E-state index in [9.17, 15) is 14.4 Å². The minimum absolute atomic E-state index is 0.142. The Morgan fingerprint density at radius 2 is 1.85 bits per heavy atom. The standard InChI is InChI=1S/C21H26N2O4/c1-6-13(2)17-9-7-8-10-18(17)22-20(25)15(4)27-21(26)19-11-16(14(3)24)12-23(19)5/h7-13,15H,6H2,1-5H3,(H,22,25)/t13-,15+/m0/s1. The van der Waals surface area contributed by atoms with Gasteiger partial charge in [-0.05, 0) is 43.9 Å². The summed E-state index contributed by atoms with van der Waals surface area (Å²) in [5.74, 6) is -0.896. The largest absolute Gasteiger partial charge is 0.448 e. The van der Waals surface area contributed by atoms with Crippen LogP contribution in [0.15, 0.2) is 36.5 Å². The molecule has 1 amide bonds.